The zero-order valence-electron chi connectivity index (χ0n) is 11.2. The van der Waals surface area contributed by atoms with Gasteiger partial charge in [0.1, 0.15) is 0 Å². The molecule has 2 nitrogen and oxygen atoms in total. The summed E-state index contributed by atoms with van der Waals surface area (Å²) in [7, 11) is 0. The van der Waals surface area contributed by atoms with Crippen LogP contribution in [0, 0.1) is 6.92 Å². The third-order valence-corrected chi connectivity index (χ3v) is 2.93. The quantitative estimate of drug-likeness (QED) is 0.836. The van der Waals surface area contributed by atoms with Crippen molar-refractivity contribution in [2.24, 2.45) is 5.73 Å². The molecular formula is C16H19NO. The molecule has 0 heterocycles. The first-order valence-electron chi connectivity index (χ1n) is 6.18. The zero-order valence-corrected chi connectivity index (χ0v) is 11.2. The van der Waals surface area contributed by atoms with E-state index in [1.807, 2.05) is 32.0 Å². The van der Waals surface area contributed by atoms with E-state index in [-0.39, 0.29) is 5.78 Å². The van der Waals surface area contributed by atoms with Crippen LogP contribution in [0.4, 0.5) is 0 Å². The number of benzene rings is 2. The Labute approximate surface area is 108 Å². The summed E-state index contributed by atoms with van der Waals surface area (Å²) in [5.74, 6) is 0.102. The maximum absolute atomic E-state index is 12.1. The van der Waals surface area contributed by atoms with Crippen molar-refractivity contribution in [3.05, 3.63) is 47.5 Å². The molecule has 0 fully saturated rings. The number of hydrogen-bond acceptors (Lipinski definition) is 2. The Morgan fingerprint density at radius 3 is 2.39 bits per heavy atom. The minimum atomic E-state index is -0.459. The second-order valence-electron chi connectivity index (χ2n) is 5.65. The number of hydrogen-bond donors (Lipinski definition) is 1. The molecular weight excluding hydrogens is 222 g/mol. The van der Waals surface area contributed by atoms with Gasteiger partial charge in [0, 0.05) is 17.5 Å². The summed E-state index contributed by atoms with van der Waals surface area (Å²) < 4.78 is 0. The lowest BCUT2D eigenvalue weighted by molar-refractivity contribution is 0.0960. The van der Waals surface area contributed by atoms with Crippen molar-refractivity contribution in [3.8, 4) is 0 Å². The van der Waals surface area contributed by atoms with Crippen molar-refractivity contribution in [3.63, 3.8) is 0 Å². The van der Waals surface area contributed by atoms with Crippen molar-refractivity contribution in [2.75, 3.05) is 0 Å². The number of carbonyl (C=O) groups excluding carboxylic acids is 1. The van der Waals surface area contributed by atoms with Crippen LogP contribution in [-0.2, 0) is 0 Å². The van der Waals surface area contributed by atoms with Crippen molar-refractivity contribution < 1.29 is 4.79 Å². The molecule has 2 aromatic carbocycles. The molecule has 0 aliphatic rings. The number of Topliss-reactive ketones (excluding diaryl/α,β-unsaturated/α-hetero) is 1. The number of fused-ring (bicyclic) bond motifs is 1. The summed E-state index contributed by atoms with van der Waals surface area (Å²) >= 11 is 0. The van der Waals surface area contributed by atoms with Crippen molar-refractivity contribution >= 4 is 16.6 Å². The maximum atomic E-state index is 12.1. The van der Waals surface area contributed by atoms with Crippen LogP contribution in [0.3, 0.4) is 0 Å². The van der Waals surface area contributed by atoms with Crippen LogP contribution in [0.2, 0.25) is 0 Å². The number of aryl methyl sites for hydroxylation is 1. The number of carbonyl (C=O) groups is 1. The van der Waals surface area contributed by atoms with Crippen LogP contribution in [0.15, 0.2) is 36.4 Å². The summed E-state index contributed by atoms with van der Waals surface area (Å²) in [6, 6.07) is 12.1. The van der Waals surface area contributed by atoms with Gasteiger partial charge in [-0.25, -0.2) is 0 Å². The van der Waals surface area contributed by atoms with Gasteiger partial charge >= 0.3 is 0 Å². The van der Waals surface area contributed by atoms with E-state index in [9.17, 15) is 4.79 Å². The first-order valence-corrected chi connectivity index (χ1v) is 6.18. The predicted molar refractivity (Wildman–Crippen MR) is 75.9 cm³/mol. The molecule has 0 amide bonds. The van der Waals surface area contributed by atoms with Crippen LogP contribution in [0.5, 0.6) is 0 Å². The maximum Gasteiger partial charge on any atom is 0.164 e. The second-order valence-corrected chi connectivity index (χ2v) is 5.65. The van der Waals surface area contributed by atoms with Crippen LogP contribution in [0.25, 0.3) is 10.8 Å². The molecule has 0 atom stereocenters. The standard InChI is InChI=1S/C16H19NO/c1-11-4-5-13-9-14(7-6-12(13)8-11)15(18)10-16(2,3)17/h4-9H,10,17H2,1-3H3. The molecule has 2 aromatic rings. The van der Waals surface area contributed by atoms with Crippen LogP contribution >= 0.6 is 0 Å². The topological polar surface area (TPSA) is 43.1 Å². The van der Waals surface area contributed by atoms with Crippen LogP contribution in [0.1, 0.15) is 36.2 Å². The minimum Gasteiger partial charge on any atom is -0.325 e. The van der Waals surface area contributed by atoms with E-state index in [4.69, 9.17) is 5.73 Å². The number of rotatable bonds is 3. The first-order chi connectivity index (χ1) is 8.35. The normalized spacial score (nSPS) is 11.8. The van der Waals surface area contributed by atoms with Gasteiger partial charge in [0.15, 0.2) is 5.78 Å². The third-order valence-electron chi connectivity index (χ3n) is 2.93. The third kappa shape index (κ3) is 2.96. The Kier molecular flexibility index (Phi) is 3.22. The van der Waals surface area contributed by atoms with E-state index in [2.05, 4.69) is 25.1 Å². The number of ketones is 1. The lowest BCUT2D eigenvalue weighted by Gasteiger charge is -2.17. The summed E-state index contributed by atoms with van der Waals surface area (Å²) in [5, 5.41) is 2.26. The van der Waals surface area contributed by atoms with Gasteiger partial charge in [0.2, 0.25) is 0 Å². The smallest absolute Gasteiger partial charge is 0.164 e. The highest BCUT2D eigenvalue weighted by Crippen LogP contribution is 2.19. The Hall–Kier alpha value is -1.67. The Balaban J connectivity index is 2.36. The van der Waals surface area contributed by atoms with Gasteiger partial charge in [0.25, 0.3) is 0 Å². The summed E-state index contributed by atoms with van der Waals surface area (Å²) in [6.07, 6.45) is 0.365. The lowest BCUT2D eigenvalue weighted by Crippen LogP contribution is -2.34. The Morgan fingerprint density at radius 1 is 1.11 bits per heavy atom. The largest absolute Gasteiger partial charge is 0.325 e. The van der Waals surface area contributed by atoms with E-state index in [0.717, 1.165) is 10.9 Å². The molecule has 0 bridgehead atoms. The highest BCUT2D eigenvalue weighted by Gasteiger charge is 2.17. The van der Waals surface area contributed by atoms with Crippen molar-refractivity contribution in [1.82, 2.24) is 0 Å². The molecule has 0 spiro atoms. The van der Waals surface area contributed by atoms with E-state index < -0.39 is 5.54 Å². The highest BCUT2D eigenvalue weighted by molar-refractivity contribution is 6.00. The average Bonchev–Trinajstić information content (AvgIpc) is 2.26. The van der Waals surface area contributed by atoms with Gasteiger partial charge in [-0.1, -0.05) is 35.9 Å². The monoisotopic (exact) mass is 241 g/mol. The zero-order chi connectivity index (χ0) is 13.3. The SMILES string of the molecule is Cc1ccc2cc(C(=O)CC(C)(C)N)ccc2c1. The van der Waals surface area contributed by atoms with Crippen LogP contribution < -0.4 is 5.73 Å². The molecule has 0 radical (unpaired) electrons. The fraction of sp³-hybridized carbons (Fsp3) is 0.312. The average molecular weight is 241 g/mol. The number of nitrogens with two attached hydrogens (primary N) is 1. The van der Waals surface area contributed by atoms with Gasteiger partial charge in [-0.15, -0.1) is 0 Å². The Morgan fingerprint density at radius 2 is 1.72 bits per heavy atom. The molecule has 0 unspecified atom stereocenters. The predicted octanol–water partition coefficient (Wildman–Crippen LogP) is 3.46. The first kappa shape index (κ1) is 12.8. The van der Waals surface area contributed by atoms with E-state index in [0.29, 0.717) is 6.42 Å². The highest BCUT2D eigenvalue weighted by atomic mass is 16.1. The van der Waals surface area contributed by atoms with Crippen molar-refractivity contribution in [1.29, 1.82) is 0 Å². The van der Waals surface area contributed by atoms with Crippen molar-refractivity contribution in [2.45, 2.75) is 32.7 Å². The fourth-order valence-electron chi connectivity index (χ4n) is 2.05. The molecule has 2 rings (SSSR count). The molecule has 94 valence electrons. The lowest BCUT2D eigenvalue weighted by atomic mass is 9.94. The van der Waals surface area contributed by atoms with E-state index >= 15 is 0 Å². The molecule has 18 heavy (non-hydrogen) atoms. The summed E-state index contributed by atoms with van der Waals surface area (Å²) in [4.78, 5) is 12.1. The van der Waals surface area contributed by atoms with E-state index in [1.165, 1.54) is 10.9 Å². The second kappa shape index (κ2) is 4.54. The summed E-state index contributed by atoms with van der Waals surface area (Å²) in [6.45, 7) is 5.81. The molecule has 0 aliphatic heterocycles. The molecule has 0 saturated carbocycles. The molecule has 0 aliphatic carbocycles. The molecule has 0 saturated heterocycles. The van der Waals surface area contributed by atoms with Gasteiger partial charge in [-0.2, -0.15) is 0 Å². The van der Waals surface area contributed by atoms with E-state index in [1.54, 1.807) is 0 Å². The minimum absolute atomic E-state index is 0.102. The van der Waals surface area contributed by atoms with Gasteiger partial charge in [-0.05, 0) is 37.6 Å². The molecule has 0 aromatic heterocycles. The van der Waals surface area contributed by atoms with Crippen LogP contribution in [-0.4, -0.2) is 11.3 Å². The van der Waals surface area contributed by atoms with Gasteiger partial charge in [0.05, 0.1) is 0 Å². The van der Waals surface area contributed by atoms with Gasteiger partial charge in [-0.3, -0.25) is 4.79 Å². The Bertz CT molecular complexity index is 594. The fourth-order valence-corrected chi connectivity index (χ4v) is 2.05. The molecule has 2 heteroatoms. The van der Waals surface area contributed by atoms with Gasteiger partial charge < -0.3 is 5.73 Å². The molecule has 2 N–H and O–H groups in total. The summed E-state index contributed by atoms with van der Waals surface area (Å²) in [5.41, 5.74) is 7.39.